The van der Waals surface area contributed by atoms with E-state index in [1.165, 1.54) is 14.2 Å². The summed E-state index contributed by atoms with van der Waals surface area (Å²) >= 11 is 0. The van der Waals surface area contributed by atoms with E-state index in [0.717, 1.165) is 22.4 Å². The zero-order valence-electron chi connectivity index (χ0n) is 16.4. The number of methoxy groups -OCH3 is 2. The molecule has 6 heteroatoms. The first-order chi connectivity index (χ1) is 13.4. The van der Waals surface area contributed by atoms with Crippen LogP contribution in [-0.2, 0) is 6.42 Å². The van der Waals surface area contributed by atoms with Gasteiger partial charge in [0.05, 0.1) is 19.8 Å². The maximum absolute atomic E-state index is 11.6. The summed E-state index contributed by atoms with van der Waals surface area (Å²) in [6.45, 7) is 3.97. The van der Waals surface area contributed by atoms with Crippen molar-refractivity contribution in [3.63, 3.8) is 0 Å². The van der Waals surface area contributed by atoms with Crippen LogP contribution in [0, 0.1) is 4.91 Å². The summed E-state index contributed by atoms with van der Waals surface area (Å²) in [5, 5.41) is 3.31. The molecule has 0 amide bonds. The van der Waals surface area contributed by atoms with Crippen molar-refractivity contribution in [3.8, 4) is 17.2 Å². The molecule has 0 spiro atoms. The van der Waals surface area contributed by atoms with Gasteiger partial charge in [0.2, 0.25) is 0 Å². The molecule has 1 atom stereocenters. The largest absolute Gasteiger partial charge is 0.493 e. The Kier molecular flexibility index (Phi) is 5.49. The van der Waals surface area contributed by atoms with E-state index >= 15 is 0 Å². The van der Waals surface area contributed by atoms with E-state index in [2.05, 4.69) is 5.18 Å². The molecule has 2 aromatic carbocycles. The van der Waals surface area contributed by atoms with E-state index in [4.69, 9.17) is 14.2 Å². The van der Waals surface area contributed by atoms with Gasteiger partial charge in [0, 0.05) is 12.0 Å². The second-order valence-electron chi connectivity index (χ2n) is 7.20. The zero-order chi connectivity index (χ0) is 20.3. The lowest BCUT2D eigenvalue weighted by Crippen LogP contribution is -2.27. The SMILES string of the molecule is COc1cc(CC(N=O)c2ccc3c(c2)C=CC(C)(C)O3)cc(C=O)c1OC. The Morgan fingerprint density at radius 1 is 1.18 bits per heavy atom. The standard InChI is InChI=1S/C22H23NO5/c1-22(2)8-7-16-12-15(5-6-19(16)28-22)18(23-25)10-14-9-17(13-24)21(27-4)20(11-14)26-3/h5-9,11-13,18H,10H2,1-4H3. The van der Waals surface area contributed by atoms with Crippen LogP contribution in [0.15, 0.2) is 41.6 Å². The molecule has 146 valence electrons. The van der Waals surface area contributed by atoms with E-state index in [9.17, 15) is 9.70 Å². The van der Waals surface area contributed by atoms with E-state index in [-0.39, 0.29) is 5.60 Å². The third-order valence-electron chi connectivity index (χ3n) is 4.71. The lowest BCUT2D eigenvalue weighted by molar-refractivity contribution is 0.111. The van der Waals surface area contributed by atoms with E-state index in [1.807, 2.05) is 44.2 Å². The number of hydrogen-bond donors (Lipinski definition) is 0. The van der Waals surface area contributed by atoms with Crippen molar-refractivity contribution in [1.29, 1.82) is 0 Å². The third kappa shape index (κ3) is 3.91. The number of hydrogen-bond acceptors (Lipinski definition) is 6. The molecular weight excluding hydrogens is 358 g/mol. The quantitative estimate of drug-likeness (QED) is 0.511. The number of benzene rings is 2. The maximum Gasteiger partial charge on any atom is 0.171 e. The highest BCUT2D eigenvalue weighted by Crippen LogP contribution is 2.36. The number of nitroso groups, excluding NO2 is 1. The van der Waals surface area contributed by atoms with Crippen LogP contribution >= 0.6 is 0 Å². The highest BCUT2D eigenvalue weighted by molar-refractivity contribution is 5.81. The number of fused-ring (bicyclic) bond motifs is 1. The molecule has 0 fully saturated rings. The normalized spacial score (nSPS) is 15.1. The molecule has 6 nitrogen and oxygen atoms in total. The predicted molar refractivity (Wildman–Crippen MR) is 107 cm³/mol. The number of carbonyl (C=O) groups excluding carboxylic acids is 1. The Morgan fingerprint density at radius 3 is 2.61 bits per heavy atom. The molecule has 0 N–H and O–H groups in total. The molecule has 28 heavy (non-hydrogen) atoms. The fourth-order valence-electron chi connectivity index (χ4n) is 3.30. The molecule has 1 heterocycles. The molecule has 0 aliphatic carbocycles. The monoisotopic (exact) mass is 381 g/mol. The van der Waals surface area contributed by atoms with Crippen molar-refractivity contribution in [2.45, 2.75) is 31.9 Å². The van der Waals surface area contributed by atoms with E-state index < -0.39 is 6.04 Å². The van der Waals surface area contributed by atoms with Gasteiger partial charge in [0.15, 0.2) is 17.8 Å². The average Bonchev–Trinajstić information content (AvgIpc) is 2.70. The molecule has 0 saturated carbocycles. The minimum atomic E-state index is -0.605. The molecule has 0 saturated heterocycles. The molecule has 0 bridgehead atoms. The smallest absolute Gasteiger partial charge is 0.171 e. The van der Waals surface area contributed by atoms with Crippen LogP contribution in [0.5, 0.6) is 17.2 Å². The summed E-state index contributed by atoms with van der Waals surface area (Å²) in [5.41, 5.74) is 2.46. The summed E-state index contributed by atoms with van der Waals surface area (Å²) in [7, 11) is 2.98. The summed E-state index contributed by atoms with van der Waals surface area (Å²) < 4.78 is 16.5. The van der Waals surface area contributed by atoms with Gasteiger partial charge in [-0.2, -0.15) is 4.91 Å². The van der Waals surface area contributed by atoms with Crippen LogP contribution in [0.2, 0.25) is 0 Å². The van der Waals surface area contributed by atoms with Crippen molar-refractivity contribution in [3.05, 3.63) is 63.6 Å². The first-order valence-corrected chi connectivity index (χ1v) is 8.95. The maximum atomic E-state index is 11.6. The number of carbonyl (C=O) groups is 1. The van der Waals surface area contributed by atoms with Gasteiger partial charge in [-0.1, -0.05) is 17.3 Å². The number of aldehydes is 1. The Morgan fingerprint density at radius 2 is 1.96 bits per heavy atom. The molecule has 2 aromatic rings. The predicted octanol–water partition coefficient (Wildman–Crippen LogP) is 4.75. The van der Waals surface area contributed by atoms with Crippen molar-refractivity contribution in [2.75, 3.05) is 14.2 Å². The fraction of sp³-hybridized carbons (Fsp3) is 0.318. The third-order valence-corrected chi connectivity index (χ3v) is 4.71. The number of rotatable bonds is 7. The lowest BCUT2D eigenvalue weighted by Gasteiger charge is -2.28. The second-order valence-corrected chi connectivity index (χ2v) is 7.20. The topological polar surface area (TPSA) is 74.2 Å². The highest BCUT2D eigenvalue weighted by atomic mass is 16.5. The first-order valence-electron chi connectivity index (χ1n) is 8.95. The first kappa shape index (κ1) is 19.6. The molecule has 0 aromatic heterocycles. The van der Waals surface area contributed by atoms with Crippen molar-refractivity contribution in [2.24, 2.45) is 5.18 Å². The Hall–Kier alpha value is -3.15. The second kappa shape index (κ2) is 7.84. The molecular formula is C22H23NO5. The Balaban J connectivity index is 1.92. The van der Waals surface area contributed by atoms with Gasteiger partial charge in [-0.05, 0) is 55.3 Å². The van der Waals surface area contributed by atoms with Gasteiger partial charge < -0.3 is 14.2 Å². The minimum absolute atomic E-state index is 0.333. The summed E-state index contributed by atoms with van der Waals surface area (Å²) in [4.78, 5) is 23.0. The molecule has 1 unspecified atom stereocenters. The van der Waals surface area contributed by atoms with Crippen molar-refractivity contribution < 1.29 is 19.0 Å². The van der Waals surface area contributed by atoms with E-state index in [1.54, 1.807) is 12.1 Å². The highest BCUT2D eigenvalue weighted by Gasteiger charge is 2.23. The minimum Gasteiger partial charge on any atom is -0.493 e. The summed E-state index contributed by atoms with van der Waals surface area (Å²) in [6, 6.07) is 8.46. The van der Waals surface area contributed by atoms with Gasteiger partial charge in [-0.25, -0.2) is 0 Å². The molecule has 1 aliphatic rings. The summed E-state index contributed by atoms with van der Waals surface area (Å²) in [5.74, 6) is 1.58. The van der Waals surface area contributed by atoms with Gasteiger partial charge in [-0.3, -0.25) is 4.79 Å². The lowest BCUT2D eigenvalue weighted by atomic mass is 9.94. The van der Waals surface area contributed by atoms with Crippen LogP contribution in [0.1, 0.15) is 46.9 Å². The summed E-state index contributed by atoms with van der Waals surface area (Å²) in [6.07, 6.45) is 5.01. The van der Waals surface area contributed by atoms with Gasteiger partial charge in [-0.15, -0.1) is 0 Å². The number of ether oxygens (including phenoxy) is 3. The van der Waals surface area contributed by atoms with Crippen molar-refractivity contribution >= 4 is 12.4 Å². The number of nitrogens with zero attached hydrogens (tertiary/aromatic N) is 1. The molecule has 3 rings (SSSR count). The van der Waals surface area contributed by atoms with E-state index in [0.29, 0.717) is 29.8 Å². The van der Waals surface area contributed by atoms with Gasteiger partial charge in [0.1, 0.15) is 17.4 Å². The van der Waals surface area contributed by atoms with Crippen LogP contribution in [0.25, 0.3) is 6.08 Å². The van der Waals surface area contributed by atoms with Gasteiger partial charge >= 0.3 is 0 Å². The fourth-order valence-corrected chi connectivity index (χ4v) is 3.30. The molecule has 1 aliphatic heterocycles. The van der Waals surface area contributed by atoms with Crippen LogP contribution in [0.4, 0.5) is 0 Å². The van der Waals surface area contributed by atoms with Gasteiger partial charge in [0.25, 0.3) is 0 Å². The zero-order valence-corrected chi connectivity index (χ0v) is 16.4. The average molecular weight is 381 g/mol. The Labute approximate surface area is 164 Å². The molecule has 0 radical (unpaired) electrons. The van der Waals surface area contributed by atoms with Crippen LogP contribution in [-0.4, -0.2) is 26.1 Å². The van der Waals surface area contributed by atoms with Crippen LogP contribution < -0.4 is 14.2 Å². The van der Waals surface area contributed by atoms with Crippen LogP contribution in [0.3, 0.4) is 0 Å². The van der Waals surface area contributed by atoms with Crippen molar-refractivity contribution in [1.82, 2.24) is 0 Å². The Bertz CT molecular complexity index is 933.